The van der Waals surface area contributed by atoms with Gasteiger partial charge in [-0.2, -0.15) is 0 Å². The Morgan fingerprint density at radius 3 is 2.27 bits per heavy atom. The number of hydrogen-bond acceptors (Lipinski definition) is 3. The Kier molecular flexibility index (Phi) is 6.79. The van der Waals surface area contributed by atoms with Crippen LogP contribution in [-0.2, 0) is 4.79 Å². The molecule has 1 fully saturated rings. The van der Waals surface area contributed by atoms with Crippen LogP contribution in [0, 0.1) is 0 Å². The molecular weight excluding hydrogens is 161 g/mol. The van der Waals surface area contributed by atoms with Gasteiger partial charge < -0.3 is 20.3 Å². The smallest absolute Gasteiger partial charge is 0.530 e. The molecule has 0 aromatic rings. The van der Waals surface area contributed by atoms with E-state index < -0.39 is 6.09 Å². The summed E-state index contributed by atoms with van der Waals surface area (Å²) in [7, 11) is 0. The van der Waals surface area contributed by atoms with Crippen LogP contribution in [0.25, 0.3) is 0 Å². The third kappa shape index (κ3) is 3.71. The van der Waals surface area contributed by atoms with Crippen molar-refractivity contribution in [3.8, 4) is 0 Å². The molecule has 1 aliphatic rings. The van der Waals surface area contributed by atoms with Crippen LogP contribution < -0.4 is 34.7 Å². The van der Waals surface area contributed by atoms with Crippen molar-refractivity contribution < 1.29 is 49.7 Å². The largest absolute Gasteiger partial charge is 1.00 e. The predicted molar refractivity (Wildman–Crippen MR) is 30.2 cm³/mol. The summed E-state index contributed by atoms with van der Waals surface area (Å²) in [5, 5.41) is 10.0. The SMILES string of the molecule is O.O=C1CCN(C(=O)[O-])C1.[Na+]. The summed E-state index contributed by atoms with van der Waals surface area (Å²) < 4.78 is 0. The van der Waals surface area contributed by atoms with Gasteiger partial charge in [-0.05, 0) is 0 Å². The van der Waals surface area contributed by atoms with Crippen molar-refractivity contribution in [1.82, 2.24) is 4.90 Å². The number of carboxylic acid groups (broad SMARTS) is 1. The van der Waals surface area contributed by atoms with Gasteiger partial charge in [-0.25, -0.2) is 0 Å². The number of likely N-dealkylation sites (tertiary alicyclic amines) is 1. The van der Waals surface area contributed by atoms with Gasteiger partial charge in [-0.3, -0.25) is 4.79 Å². The minimum absolute atomic E-state index is 0. The Hall–Kier alpha value is -0.100. The molecule has 1 amide bonds. The van der Waals surface area contributed by atoms with Gasteiger partial charge in [-0.1, -0.05) is 0 Å². The number of hydrogen-bond donors (Lipinski definition) is 0. The maximum atomic E-state index is 10.4. The van der Waals surface area contributed by atoms with Crippen molar-refractivity contribution in [2.24, 2.45) is 0 Å². The first-order valence-electron chi connectivity index (χ1n) is 2.68. The molecule has 0 aromatic heterocycles. The summed E-state index contributed by atoms with van der Waals surface area (Å²) in [5.74, 6) is -0.0285. The third-order valence-electron chi connectivity index (χ3n) is 1.29. The van der Waals surface area contributed by atoms with E-state index in [1.165, 1.54) is 0 Å². The van der Waals surface area contributed by atoms with E-state index in [0.717, 1.165) is 4.90 Å². The zero-order valence-electron chi connectivity index (χ0n) is 6.29. The fourth-order valence-electron chi connectivity index (χ4n) is 0.786. The molecule has 0 bridgehead atoms. The second-order valence-electron chi connectivity index (χ2n) is 1.98. The molecule has 2 N–H and O–H groups in total. The maximum absolute atomic E-state index is 10.4. The number of carbonyl (C=O) groups is 2. The summed E-state index contributed by atoms with van der Waals surface area (Å²) >= 11 is 0. The van der Waals surface area contributed by atoms with Crippen molar-refractivity contribution >= 4 is 11.9 Å². The van der Waals surface area contributed by atoms with Gasteiger partial charge in [0.05, 0.1) is 6.54 Å². The van der Waals surface area contributed by atoms with Gasteiger partial charge in [-0.15, -0.1) is 0 Å². The molecule has 0 saturated carbocycles. The van der Waals surface area contributed by atoms with E-state index in [9.17, 15) is 14.7 Å². The van der Waals surface area contributed by atoms with E-state index in [1.54, 1.807) is 0 Å². The van der Waals surface area contributed by atoms with E-state index in [1.807, 2.05) is 0 Å². The molecule has 6 heteroatoms. The van der Waals surface area contributed by atoms with Crippen LogP contribution in [0.4, 0.5) is 4.79 Å². The number of amides is 1. The van der Waals surface area contributed by atoms with Crippen LogP contribution in [-0.4, -0.2) is 35.3 Å². The van der Waals surface area contributed by atoms with Crippen molar-refractivity contribution in [3.63, 3.8) is 0 Å². The third-order valence-corrected chi connectivity index (χ3v) is 1.29. The van der Waals surface area contributed by atoms with Gasteiger partial charge in [0.1, 0.15) is 6.09 Å². The zero-order chi connectivity index (χ0) is 6.85. The second kappa shape index (κ2) is 5.54. The second-order valence-corrected chi connectivity index (χ2v) is 1.98. The standard InChI is InChI=1S/C5H7NO3.Na.H2O/c7-4-1-2-6(3-4)5(8)9;;/h1-3H2,(H,8,9);;1H2/q;+1;/p-1. The van der Waals surface area contributed by atoms with E-state index >= 15 is 0 Å². The molecule has 0 spiro atoms. The Labute approximate surface area is 86.0 Å². The summed E-state index contributed by atoms with van der Waals surface area (Å²) in [4.78, 5) is 21.4. The molecular formula is C5H8NNaO4. The quantitative estimate of drug-likeness (QED) is 0.339. The van der Waals surface area contributed by atoms with Gasteiger partial charge in [0.15, 0.2) is 5.78 Å². The molecule has 11 heavy (non-hydrogen) atoms. The molecule has 1 rings (SSSR count). The molecule has 0 atom stereocenters. The van der Waals surface area contributed by atoms with Crippen molar-refractivity contribution in [2.45, 2.75) is 6.42 Å². The van der Waals surface area contributed by atoms with Crippen molar-refractivity contribution in [3.05, 3.63) is 0 Å². The Balaban J connectivity index is 0. The molecule has 0 aromatic carbocycles. The number of ketones is 1. The van der Waals surface area contributed by atoms with Crippen LogP contribution in [0.15, 0.2) is 0 Å². The molecule has 0 unspecified atom stereocenters. The van der Waals surface area contributed by atoms with Crippen LogP contribution in [0.5, 0.6) is 0 Å². The van der Waals surface area contributed by atoms with Gasteiger partial charge >= 0.3 is 29.6 Å². The summed E-state index contributed by atoms with van der Waals surface area (Å²) in [6.45, 7) is 0.323. The van der Waals surface area contributed by atoms with E-state index in [4.69, 9.17) is 0 Å². The number of Topliss-reactive ketones (excluding diaryl/α,β-unsaturated/α-hetero) is 1. The normalized spacial score (nSPS) is 15.3. The minimum Gasteiger partial charge on any atom is -0.530 e. The Morgan fingerprint density at radius 1 is 1.55 bits per heavy atom. The number of carbonyl (C=O) groups excluding carboxylic acids is 2. The molecule has 0 aliphatic carbocycles. The average Bonchev–Trinajstić information content (AvgIpc) is 2.14. The van der Waals surface area contributed by atoms with Gasteiger partial charge in [0.25, 0.3) is 0 Å². The van der Waals surface area contributed by atoms with Crippen LogP contribution in [0.3, 0.4) is 0 Å². The maximum Gasteiger partial charge on any atom is 1.00 e. The van der Waals surface area contributed by atoms with Gasteiger partial charge in [0, 0.05) is 13.0 Å². The minimum atomic E-state index is -1.25. The van der Waals surface area contributed by atoms with Crippen LogP contribution in [0.1, 0.15) is 6.42 Å². The van der Waals surface area contributed by atoms with Crippen LogP contribution in [0.2, 0.25) is 0 Å². The number of rotatable bonds is 0. The average molecular weight is 169 g/mol. The monoisotopic (exact) mass is 169 g/mol. The zero-order valence-corrected chi connectivity index (χ0v) is 8.29. The molecule has 5 nitrogen and oxygen atoms in total. The van der Waals surface area contributed by atoms with E-state index in [-0.39, 0.29) is 47.4 Å². The first-order valence-corrected chi connectivity index (χ1v) is 2.68. The Bertz CT molecular complexity index is 161. The van der Waals surface area contributed by atoms with E-state index in [2.05, 4.69) is 0 Å². The summed E-state index contributed by atoms with van der Waals surface area (Å²) in [6, 6.07) is 0. The topological polar surface area (TPSA) is 91.9 Å². The Morgan fingerprint density at radius 2 is 2.09 bits per heavy atom. The molecule has 1 heterocycles. The fourth-order valence-corrected chi connectivity index (χ4v) is 0.786. The van der Waals surface area contributed by atoms with Crippen molar-refractivity contribution in [2.75, 3.05) is 13.1 Å². The molecule has 1 saturated heterocycles. The summed E-state index contributed by atoms with van der Waals surface area (Å²) in [6.07, 6.45) is -0.908. The summed E-state index contributed by atoms with van der Waals surface area (Å²) in [5.41, 5.74) is 0. The molecule has 1 aliphatic heterocycles. The predicted octanol–water partition coefficient (Wildman–Crippen LogP) is -5.22. The fraction of sp³-hybridized carbons (Fsp3) is 0.600. The molecule has 0 radical (unpaired) electrons. The first kappa shape index (κ1) is 13.5. The first-order chi connectivity index (χ1) is 4.20. The van der Waals surface area contributed by atoms with E-state index in [0.29, 0.717) is 13.0 Å². The van der Waals surface area contributed by atoms with Gasteiger partial charge in [0.2, 0.25) is 0 Å². The van der Waals surface area contributed by atoms with Crippen LogP contribution >= 0.6 is 0 Å². The number of nitrogens with zero attached hydrogens (tertiary/aromatic N) is 1. The van der Waals surface area contributed by atoms with Crippen molar-refractivity contribution in [1.29, 1.82) is 0 Å². The molecule has 58 valence electrons.